The van der Waals surface area contributed by atoms with Crippen LogP contribution in [0.1, 0.15) is 16.7 Å². The van der Waals surface area contributed by atoms with E-state index in [1.165, 1.54) is 0 Å². The van der Waals surface area contributed by atoms with Crippen molar-refractivity contribution in [3.05, 3.63) is 59.2 Å². The van der Waals surface area contributed by atoms with Crippen LogP contribution in [0.3, 0.4) is 0 Å². The molecule has 144 valence electrons. The fourth-order valence-corrected chi connectivity index (χ4v) is 4.60. The topological polar surface area (TPSA) is 99.3 Å². The second-order valence-electron chi connectivity index (χ2n) is 6.93. The lowest BCUT2D eigenvalue weighted by Gasteiger charge is -2.20. The normalized spacial score (nSPS) is 19.7. The number of amides is 1. The molecule has 1 aliphatic heterocycles. The monoisotopic (exact) mass is 388 g/mol. The molecule has 1 saturated heterocycles. The van der Waals surface area contributed by atoms with Crippen molar-refractivity contribution < 1.29 is 13.2 Å². The Hall–Kier alpha value is -2.42. The SMILES string of the molecule is Cc1ccc(NC(=O)C2CNNC2S(=O)(=O)Nc2cc(C)cc(C)c2)cc1. The minimum atomic E-state index is -3.82. The number of carbonyl (C=O) groups is 1. The van der Waals surface area contributed by atoms with Crippen LogP contribution in [-0.2, 0) is 14.8 Å². The zero-order valence-corrected chi connectivity index (χ0v) is 16.4. The lowest BCUT2D eigenvalue weighted by Crippen LogP contribution is -2.45. The fraction of sp³-hybridized carbons (Fsp3) is 0.316. The van der Waals surface area contributed by atoms with Crippen molar-refractivity contribution >= 4 is 27.3 Å². The summed E-state index contributed by atoms with van der Waals surface area (Å²) in [4.78, 5) is 12.6. The number of hydrogen-bond acceptors (Lipinski definition) is 5. The lowest BCUT2D eigenvalue weighted by molar-refractivity contribution is -0.119. The van der Waals surface area contributed by atoms with Gasteiger partial charge in [-0.1, -0.05) is 23.8 Å². The van der Waals surface area contributed by atoms with Gasteiger partial charge in [0.1, 0.15) is 0 Å². The summed E-state index contributed by atoms with van der Waals surface area (Å²) in [5.74, 6) is -1.12. The van der Waals surface area contributed by atoms with Crippen LogP contribution < -0.4 is 20.9 Å². The third kappa shape index (κ3) is 4.65. The van der Waals surface area contributed by atoms with Crippen LogP contribution in [0.4, 0.5) is 11.4 Å². The van der Waals surface area contributed by atoms with Gasteiger partial charge in [0, 0.05) is 17.9 Å². The number of benzene rings is 2. The molecule has 0 aliphatic carbocycles. The Balaban J connectivity index is 1.75. The summed E-state index contributed by atoms with van der Waals surface area (Å²) in [5.41, 5.74) is 9.61. The van der Waals surface area contributed by atoms with Gasteiger partial charge in [-0.2, -0.15) is 0 Å². The summed E-state index contributed by atoms with van der Waals surface area (Å²) in [6, 6.07) is 12.8. The summed E-state index contributed by atoms with van der Waals surface area (Å²) in [7, 11) is -3.82. The number of nitrogens with one attached hydrogen (secondary N) is 4. The van der Waals surface area contributed by atoms with Crippen molar-refractivity contribution in [1.29, 1.82) is 0 Å². The lowest BCUT2D eigenvalue weighted by atomic mass is 10.1. The first-order valence-corrected chi connectivity index (χ1v) is 10.2. The highest BCUT2D eigenvalue weighted by Gasteiger charge is 2.41. The zero-order valence-electron chi connectivity index (χ0n) is 15.5. The third-order valence-corrected chi connectivity index (χ3v) is 6.04. The molecule has 8 heteroatoms. The first kappa shape index (κ1) is 19.3. The molecule has 0 radical (unpaired) electrons. The Morgan fingerprint density at radius 1 is 0.963 bits per heavy atom. The van der Waals surface area contributed by atoms with E-state index < -0.39 is 21.3 Å². The van der Waals surface area contributed by atoms with Crippen LogP contribution in [0.5, 0.6) is 0 Å². The van der Waals surface area contributed by atoms with E-state index in [2.05, 4.69) is 20.9 Å². The molecule has 1 aliphatic rings. The summed E-state index contributed by atoms with van der Waals surface area (Å²) in [6.07, 6.45) is 0. The molecule has 4 N–H and O–H groups in total. The fourth-order valence-electron chi connectivity index (χ4n) is 3.13. The molecule has 2 aromatic rings. The molecule has 0 aromatic heterocycles. The molecule has 2 atom stereocenters. The van der Waals surface area contributed by atoms with Crippen LogP contribution in [0.15, 0.2) is 42.5 Å². The quantitative estimate of drug-likeness (QED) is 0.628. The number of anilines is 2. The predicted molar refractivity (Wildman–Crippen MR) is 107 cm³/mol. The second kappa shape index (κ2) is 7.67. The molecule has 1 amide bonds. The Kier molecular flexibility index (Phi) is 5.50. The Labute approximate surface area is 159 Å². The molecule has 1 heterocycles. The summed E-state index contributed by atoms with van der Waals surface area (Å²) in [5, 5.41) is 1.70. The van der Waals surface area contributed by atoms with E-state index >= 15 is 0 Å². The van der Waals surface area contributed by atoms with Crippen LogP contribution in [0.25, 0.3) is 0 Å². The molecule has 0 spiro atoms. The molecule has 7 nitrogen and oxygen atoms in total. The van der Waals surface area contributed by atoms with Crippen molar-refractivity contribution in [2.75, 3.05) is 16.6 Å². The van der Waals surface area contributed by atoms with Crippen molar-refractivity contribution in [2.45, 2.75) is 26.1 Å². The standard InChI is InChI=1S/C19H24N4O3S/c1-12-4-6-15(7-5-12)21-18(24)17-11-20-22-19(17)27(25,26)23-16-9-13(2)8-14(3)10-16/h4-10,17,19-20,22-23H,11H2,1-3H3,(H,21,24). The number of carbonyl (C=O) groups excluding carboxylic acids is 1. The first-order valence-electron chi connectivity index (χ1n) is 8.70. The van der Waals surface area contributed by atoms with E-state index in [1.807, 2.05) is 39.0 Å². The molecule has 2 aromatic carbocycles. The van der Waals surface area contributed by atoms with Gasteiger partial charge in [-0.3, -0.25) is 14.9 Å². The Morgan fingerprint density at radius 2 is 1.59 bits per heavy atom. The van der Waals surface area contributed by atoms with Gasteiger partial charge >= 0.3 is 0 Å². The maximum absolute atomic E-state index is 12.8. The van der Waals surface area contributed by atoms with Gasteiger partial charge in [-0.25, -0.2) is 13.8 Å². The molecule has 0 saturated carbocycles. The first-order chi connectivity index (χ1) is 12.7. The number of sulfonamides is 1. The van der Waals surface area contributed by atoms with Crippen molar-refractivity contribution in [3.8, 4) is 0 Å². The average Bonchev–Trinajstić information content (AvgIpc) is 3.06. The number of rotatable bonds is 5. The molecule has 0 bridgehead atoms. The van der Waals surface area contributed by atoms with Gasteiger partial charge in [-0.15, -0.1) is 0 Å². The molecule has 3 rings (SSSR count). The molecule has 2 unspecified atom stereocenters. The molecular weight excluding hydrogens is 364 g/mol. The Bertz CT molecular complexity index is 922. The largest absolute Gasteiger partial charge is 0.326 e. The maximum atomic E-state index is 12.8. The van der Waals surface area contributed by atoms with Crippen LogP contribution in [-0.4, -0.2) is 26.2 Å². The molecular formula is C19H24N4O3S. The third-order valence-electron chi connectivity index (χ3n) is 4.40. The Morgan fingerprint density at radius 3 is 2.22 bits per heavy atom. The second-order valence-corrected chi connectivity index (χ2v) is 8.73. The highest BCUT2D eigenvalue weighted by atomic mass is 32.2. The van der Waals surface area contributed by atoms with Crippen LogP contribution >= 0.6 is 0 Å². The minimum Gasteiger partial charge on any atom is -0.326 e. The van der Waals surface area contributed by atoms with E-state index in [4.69, 9.17) is 0 Å². The number of aryl methyl sites for hydroxylation is 3. The summed E-state index contributed by atoms with van der Waals surface area (Å²) >= 11 is 0. The van der Waals surface area contributed by atoms with Crippen molar-refractivity contribution in [3.63, 3.8) is 0 Å². The van der Waals surface area contributed by atoms with Gasteiger partial charge in [0.05, 0.1) is 5.92 Å². The number of hydrazine groups is 1. The van der Waals surface area contributed by atoms with Gasteiger partial charge in [0.25, 0.3) is 10.0 Å². The van der Waals surface area contributed by atoms with Crippen molar-refractivity contribution in [2.24, 2.45) is 5.92 Å². The van der Waals surface area contributed by atoms with Crippen molar-refractivity contribution in [1.82, 2.24) is 10.9 Å². The highest BCUT2D eigenvalue weighted by Crippen LogP contribution is 2.21. The van der Waals surface area contributed by atoms with E-state index in [0.29, 0.717) is 11.4 Å². The minimum absolute atomic E-state index is 0.218. The molecule has 1 fully saturated rings. The predicted octanol–water partition coefficient (Wildman–Crippen LogP) is 2.04. The van der Waals surface area contributed by atoms with E-state index in [-0.39, 0.29) is 12.5 Å². The zero-order chi connectivity index (χ0) is 19.6. The van der Waals surface area contributed by atoms with Gasteiger partial charge in [0.2, 0.25) is 5.91 Å². The van der Waals surface area contributed by atoms with E-state index in [1.54, 1.807) is 24.3 Å². The van der Waals surface area contributed by atoms with Crippen LogP contribution in [0.2, 0.25) is 0 Å². The van der Waals surface area contributed by atoms with Crippen LogP contribution in [0, 0.1) is 26.7 Å². The summed E-state index contributed by atoms with van der Waals surface area (Å²) in [6.45, 7) is 5.98. The average molecular weight is 388 g/mol. The smallest absolute Gasteiger partial charge is 0.250 e. The number of hydrogen-bond donors (Lipinski definition) is 4. The van der Waals surface area contributed by atoms with E-state index in [9.17, 15) is 13.2 Å². The molecule has 27 heavy (non-hydrogen) atoms. The maximum Gasteiger partial charge on any atom is 0.250 e. The highest BCUT2D eigenvalue weighted by molar-refractivity contribution is 7.93. The van der Waals surface area contributed by atoms with Gasteiger partial charge in [0.15, 0.2) is 5.37 Å². The van der Waals surface area contributed by atoms with E-state index in [0.717, 1.165) is 16.7 Å². The van der Waals surface area contributed by atoms with Gasteiger partial charge < -0.3 is 5.32 Å². The summed E-state index contributed by atoms with van der Waals surface area (Å²) < 4.78 is 28.3. The van der Waals surface area contributed by atoms with Gasteiger partial charge in [-0.05, 0) is 56.2 Å².